The maximum atomic E-state index is 13.5. The Morgan fingerprint density at radius 1 is 1.16 bits per heavy atom. The second kappa shape index (κ2) is 8.01. The molecular weight excluding hydrogens is 437 g/mol. The average molecular weight is 461 g/mol. The fraction of sp³-hybridized carbons (Fsp3) is 0.391. The van der Waals surface area contributed by atoms with E-state index in [1.54, 1.807) is 6.07 Å². The number of carbonyl (C=O) groups excluding carboxylic acids is 1. The first-order chi connectivity index (χ1) is 15.1. The van der Waals surface area contributed by atoms with Crippen LogP contribution in [0.15, 0.2) is 42.5 Å². The highest BCUT2D eigenvalue weighted by atomic mass is 32.1. The number of nitrogens with zero attached hydrogens (tertiary/aromatic N) is 4. The lowest BCUT2D eigenvalue weighted by molar-refractivity contribution is -0.137. The van der Waals surface area contributed by atoms with Crippen LogP contribution in [0.4, 0.5) is 24.5 Å². The van der Waals surface area contributed by atoms with Crippen LogP contribution in [0.2, 0.25) is 0 Å². The molecule has 0 radical (unpaired) electrons. The summed E-state index contributed by atoms with van der Waals surface area (Å²) in [6.07, 6.45) is -2.62. The first-order valence-corrected chi connectivity index (χ1v) is 10.8. The molecule has 2 aromatic carbocycles. The molecule has 2 aliphatic rings. The highest BCUT2D eigenvalue weighted by molar-refractivity contribution is 7.81. The van der Waals surface area contributed by atoms with Gasteiger partial charge in [-0.1, -0.05) is 12.1 Å². The number of hydrogen-bond acceptors (Lipinski definition) is 5. The second-order valence-corrected chi connectivity index (χ2v) is 8.98. The number of nitriles is 1. The number of thiol groups is 1. The van der Waals surface area contributed by atoms with E-state index in [9.17, 15) is 18.0 Å². The monoisotopic (exact) mass is 460 g/mol. The Morgan fingerprint density at radius 3 is 2.28 bits per heavy atom. The number of amides is 1. The Labute approximate surface area is 190 Å². The highest BCUT2D eigenvalue weighted by Crippen LogP contribution is 2.50. The van der Waals surface area contributed by atoms with Crippen molar-refractivity contribution < 1.29 is 18.0 Å². The third kappa shape index (κ3) is 3.61. The van der Waals surface area contributed by atoms with Gasteiger partial charge in [0.25, 0.3) is 5.91 Å². The molecule has 2 aromatic rings. The zero-order chi connectivity index (χ0) is 23.3. The fourth-order valence-corrected chi connectivity index (χ4v) is 5.10. The SMILES string of the molecule is CN(C)Cc1ccc(N2C(S)N(c3ccc(C#N)c(C(F)(F)F)c3)C(=O)C23CCC3)cc1. The molecule has 9 heteroatoms. The van der Waals surface area contributed by atoms with Crippen LogP contribution < -0.4 is 9.80 Å². The van der Waals surface area contributed by atoms with Crippen molar-refractivity contribution >= 4 is 29.9 Å². The summed E-state index contributed by atoms with van der Waals surface area (Å²) in [7, 11) is 3.95. The van der Waals surface area contributed by atoms with Crippen molar-refractivity contribution in [3.8, 4) is 6.07 Å². The molecule has 1 aliphatic heterocycles. The molecule has 1 spiro atoms. The molecular formula is C23H23F3N4OS. The highest BCUT2D eigenvalue weighted by Gasteiger charge is 2.60. The van der Waals surface area contributed by atoms with Crippen LogP contribution in [0.1, 0.15) is 36.0 Å². The van der Waals surface area contributed by atoms with Gasteiger partial charge in [0.05, 0.1) is 17.2 Å². The quantitative estimate of drug-likeness (QED) is 0.676. The van der Waals surface area contributed by atoms with Crippen molar-refractivity contribution in [1.82, 2.24) is 4.90 Å². The van der Waals surface area contributed by atoms with Gasteiger partial charge >= 0.3 is 6.18 Å². The Balaban J connectivity index is 1.74. The summed E-state index contributed by atoms with van der Waals surface area (Å²) in [5, 5.41) is 9.08. The van der Waals surface area contributed by atoms with Gasteiger partial charge in [0.1, 0.15) is 5.54 Å². The minimum atomic E-state index is -4.70. The topological polar surface area (TPSA) is 50.6 Å². The summed E-state index contributed by atoms with van der Waals surface area (Å²) in [5.41, 5.74) is -1.12. The van der Waals surface area contributed by atoms with Crippen LogP contribution in [0.5, 0.6) is 0 Å². The lowest BCUT2D eigenvalue weighted by Crippen LogP contribution is -2.55. The van der Waals surface area contributed by atoms with Gasteiger partial charge in [-0.05, 0) is 69.3 Å². The van der Waals surface area contributed by atoms with E-state index in [2.05, 4.69) is 12.6 Å². The van der Waals surface area contributed by atoms with Crippen molar-refractivity contribution in [2.24, 2.45) is 0 Å². The maximum Gasteiger partial charge on any atom is 0.417 e. The summed E-state index contributed by atoms with van der Waals surface area (Å²) in [4.78, 5) is 18.8. The van der Waals surface area contributed by atoms with Crippen LogP contribution in [-0.4, -0.2) is 35.9 Å². The normalized spacial score (nSPS) is 20.1. The van der Waals surface area contributed by atoms with Crippen LogP contribution in [0.25, 0.3) is 0 Å². The van der Waals surface area contributed by atoms with Crippen molar-refractivity contribution in [2.75, 3.05) is 23.9 Å². The van der Waals surface area contributed by atoms with E-state index < -0.39 is 28.3 Å². The molecule has 1 saturated carbocycles. The van der Waals surface area contributed by atoms with E-state index in [0.717, 1.165) is 36.3 Å². The van der Waals surface area contributed by atoms with Gasteiger partial charge in [-0.25, -0.2) is 0 Å². The summed E-state index contributed by atoms with van der Waals surface area (Å²) in [6, 6.07) is 12.8. The first-order valence-electron chi connectivity index (χ1n) is 10.2. The molecule has 0 bridgehead atoms. The molecule has 1 amide bonds. The molecule has 4 rings (SSSR count). The molecule has 0 aromatic heterocycles. The number of rotatable bonds is 4. The molecule has 168 valence electrons. The fourth-order valence-electron chi connectivity index (χ4n) is 4.51. The van der Waals surface area contributed by atoms with E-state index in [4.69, 9.17) is 5.26 Å². The molecule has 1 heterocycles. The smallest absolute Gasteiger partial charge is 0.328 e. The molecule has 1 aliphatic carbocycles. The minimum Gasteiger partial charge on any atom is -0.328 e. The number of carbonyl (C=O) groups is 1. The van der Waals surface area contributed by atoms with Crippen LogP contribution >= 0.6 is 12.6 Å². The van der Waals surface area contributed by atoms with Crippen molar-refractivity contribution in [2.45, 2.75) is 43.0 Å². The Kier molecular flexibility index (Phi) is 5.63. The standard InChI is InChI=1S/C23H23F3N4OS/c1-28(2)14-15-4-7-17(8-5-15)30-21(32)29(20(31)22(30)10-3-11-22)18-9-6-16(13-27)19(12-18)23(24,25)26/h4-9,12,21,32H,3,10-11,14H2,1-2H3. The number of benzene rings is 2. The lowest BCUT2D eigenvalue weighted by atomic mass is 9.75. The summed E-state index contributed by atoms with van der Waals surface area (Å²) in [6.45, 7) is 0.770. The third-order valence-electron chi connectivity index (χ3n) is 6.14. The molecule has 1 unspecified atom stereocenters. The van der Waals surface area contributed by atoms with E-state index in [0.29, 0.717) is 12.8 Å². The Bertz CT molecular complexity index is 1070. The van der Waals surface area contributed by atoms with Gasteiger partial charge in [0, 0.05) is 17.9 Å². The summed E-state index contributed by atoms with van der Waals surface area (Å²) in [5.74, 6) is -0.265. The van der Waals surface area contributed by atoms with Gasteiger partial charge in [-0.3, -0.25) is 9.69 Å². The third-order valence-corrected chi connectivity index (χ3v) is 6.60. The van der Waals surface area contributed by atoms with Crippen molar-refractivity contribution in [3.05, 3.63) is 59.2 Å². The minimum absolute atomic E-state index is 0.0827. The lowest BCUT2D eigenvalue weighted by Gasteiger charge is -2.44. The zero-order valence-corrected chi connectivity index (χ0v) is 18.6. The number of hydrogen-bond donors (Lipinski definition) is 1. The first kappa shape index (κ1) is 22.5. The predicted molar refractivity (Wildman–Crippen MR) is 119 cm³/mol. The van der Waals surface area contributed by atoms with Crippen LogP contribution in [-0.2, 0) is 17.5 Å². The predicted octanol–water partition coefficient (Wildman–Crippen LogP) is 4.63. The molecule has 0 N–H and O–H groups in total. The summed E-state index contributed by atoms with van der Waals surface area (Å²) < 4.78 is 40.5. The van der Waals surface area contributed by atoms with Gasteiger partial charge in [0.2, 0.25) is 0 Å². The van der Waals surface area contributed by atoms with Gasteiger partial charge in [-0.15, -0.1) is 12.6 Å². The van der Waals surface area contributed by atoms with Crippen molar-refractivity contribution in [3.63, 3.8) is 0 Å². The maximum absolute atomic E-state index is 13.5. The molecule has 1 saturated heterocycles. The van der Waals surface area contributed by atoms with Crippen LogP contribution in [0.3, 0.4) is 0 Å². The number of anilines is 2. The Morgan fingerprint density at radius 2 is 1.78 bits per heavy atom. The van der Waals surface area contributed by atoms with Gasteiger partial charge in [-0.2, -0.15) is 18.4 Å². The van der Waals surface area contributed by atoms with E-state index >= 15 is 0 Å². The van der Waals surface area contributed by atoms with Gasteiger partial charge in [0.15, 0.2) is 5.50 Å². The molecule has 32 heavy (non-hydrogen) atoms. The van der Waals surface area contributed by atoms with E-state index in [1.807, 2.05) is 48.2 Å². The second-order valence-electron chi connectivity index (χ2n) is 8.52. The number of alkyl halides is 3. The van der Waals surface area contributed by atoms with Crippen molar-refractivity contribution in [1.29, 1.82) is 5.26 Å². The number of halogens is 3. The average Bonchev–Trinajstić information content (AvgIpc) is 2.94. The molecule has 1 atom stereocenters. The van der Waals surface area contributed by atoms with Crippen LogP contribution in [0, 0.1) is 11.3 Å². The van der Waals surface area contributed by atoms with Gasteiger partial charge < -0.3 is 9.80 Å². The zero-order valence-electron chi connectivity index (χ0n) is 17.7. The molecule has 5 nitrogen and oxygen atoms in total. The summed E-state index contributed by atoms with van der Waals surface area (Å²) >= 11 is 4.68. The Hall–Kier alpha value is -2.70. The largest absolute Gasteiger partial charge is 0.417 e. The van der Waals surface area contributed by atoms with E-state index in [-0.39, 0.29) is 11.6 Å². The molecule has 2 fully saturated rings. The van der Waals surface area contributed by atoms with E-state index in [1.165, 1.54) is 11.0 Å².